The lowest BCUT2D eigenvalue weighted by atomic mass is 9.64. The topological polar surface area (TPSA) is 53.8 Å². The fourth-order valence-electron chi connectivity index (χ4n) is 1.97. The number of nitriles is 1. The molecule has 0 amide bonds. The van der Waals surface area contributed by atoms with E-state index < -0.39 is 17.2 Å². The number of hydrogen-bond acceptors (Lipinski definition) is 3. The van der Waals surface area contributed by atoms with Crippen molar-refractivity contribution < 1.29 is 18.0 Å². The van der Waals surface area contributed by atoms with Crippen LogP contribution in [-0.4, -0.2) is 10.8 Å². The van der Waals surface area contributed by atoms with Crippen molar-refractivity contribution in [3.8, 4) is 6.07 Å². The second kappa shape index (κ2) is 3.55. The standard InChI is InChI=1S/C11H7F3N2O/c12-11(13,14)8-1-2-16-5-9(8)10(6-15)3-7(17)4-10/h1-2,5H,3-4H2. The second-order valence-corrected chi connectivity index (χ2v) is 4.01. The Bertz CT molecular complexity index is 508. The molecule has 1 aromatic heterocycles. The molecule has 0 spiro atoms. The molecule has 1 saturated carbocycles. The van der Waals surface area contributed by atoms with Crippen molar-refractivity contribution in [2.45, 2.75) is 24.4 Å². The van der Waals surface area contributed by atoms with Crippen LogP contribution >= 0.6 is 0 Å². The summed E-state index contributed by atoms with van der Waals surface area (Å²) in [4.78, 5) is 14.6. The molecule has 1 aliphatic carbocycles. The highest BCUT2D eigenvalue weighted by Gasteiger charge is 2.50. The predicted molar refractivity (Wildman–Crippen MR) is 50.8 cm³/mol. The maximum absolute atomic E-state index is 12.8. The normalized spacial score (nSPS) is 18.4. The van der Waals surface area contributed by atoms with Crippen LogP contribution in [0.3, 0.4) is 0 Å². The molecule has 2 rings (SSSR count). The monoisotopic (exact) mass is 240 g/mol. The van der Waals surface area contributed by atoms with Gasteiger partial charge in [0, 0.05) is 30.8 Å². The van der Waals surface area contributed by atoms with Crippen molar-refractivity contribution >= 4 is 5.78 Å². The van der Waals surface area contributed by atoms with Gasteiger partial charge in [-0.2, -0.15) is 18.4 Å². The summed E-state index contributed by atoms with van der Waals surface area (Å²) in [5, 5.41) is 9.00. The van der Waals surface area contributed by atoms with Gasteiger partial charge in [0.25, 0.3) is 0 Å². The lowest BCUT2D eigenvalue weighted by molar-refractivity contribution is -0.140. The number of hydrogen-bond donors (Lipinski definition) is 0. The summed E-state index contributed by atoms with van der Waals surface area (Å²) < 4.78 is 38.3. The van der Waals surface area contributed by atoms with Gasteiger partial charge in [0.1, 0.15) is 5.78 Å². The highest BCUT2D eigenvalue weighted by Crippen LogP contribution is 2.45. The molecule has 0 unspecified atom stereocenters. The summed E-state index contributed by atoms with van der Waals surface area (Å²) in [5.41, 5.74) is -2.44. The molecular weight excluding hydrogens is 233 g/mol. The van der Waals surface area contributed by atoms with Crippen molar-refractivity contribution in [2.75, 3.05) is 0 Å². The maximum atomic E-state index is 12.8. The fourth-order valence-corrected chi connectivity index (χ4v) is 1.97. The molecule has 0 saturated heterocycles. The van der Waals surface area contributed by atoms with E-state index in [1.165, 1.54) is 0 Å². The summed E-state index contributed by atoms with van der Waals surface area (Å²) >= 11 is 0. The molecule has 0 aliphatic heterocycles. The quantitative estimate of drug-likeness (QED) is 0.756. The predicted octanol–water partition coefficient (Wildman–Crippen LogP) is 2.22. The lowest BCUT2D eigenvalue weighted by Crippen LogP contribution is -2.41. The van der Waals surface area contributed by atoms with Crippen LogP contribution in [0.4, 0.5) is 13.2 Å². The van der Waals surface area contributed by atoms with Crippen LogP contribution in [0.1, 0.15) is 24.0 Å². The summed E-state index contributed by atoms with van der Waals surface area (Å²) in [6.07, 6.45) is -2.83. The zero-order valence-corrected chi connectivity index (χ0v) is 8.58. The highest BCUT2D eigenvalue weighted by molar-refractivity contribution is 5.90. The Balaban J connectivity index is 2.54. The minimum absolute atomic E-state index is 0.168. The van der Waals surface area contributed by atoms with E-state index in [1.54, 1.807) is 0 Å². The minimum Gasteiger partial charge on any atom is -0.300 e. The smallest absolute Gasteiger partial charge is 0.300 e. The molecule has 17 heavy (non-hydrogen) atoms. The van der Waals surface area contributed by atoms with E-state index in [1.807, 2.05) is 6.07 Å². The van der Waals surface area contributed by atoms with Crippen LogP contribution in [-0.2, 0) is 16.4 Å². The van der Waals surface area contributed by atoms with Crippen LogP contribution in [0.15, 0.2) is 18.5 Å². The first-order valence-electron chi connectivity index (χ1n) is 4.84. The van der Waals surface area contributed by atoms with Crippen molar-refractivity contribution in [3.63, 3.8) is 0 Å². The van der Waals surface area contributed by atoms with E-state index in [0.717, 1.165) is 18.5 Å². The van der Waals surface area contributed by atoms with Gasteiger partial charge in [-0.25, -0.2) is 0 Å². The van der Waals surface area contributed by atoms with E-state index in [9.17, 15) is 18.0 Å². The zero-order chi connectivity index (χ0) is 12.7. The Labute approximate surface area is 94.9 Å². The average molecular weight is 240 g/mol. The number of pyridine rings is 1. The molecule has 6 heteroatoms. The third-order valence-electron chi connectivity index (χ3n) is 2.85. The van der Waals surface area contributed by atoms with Crippen LogP contribution in [0.25, 0.3) is 0 Å². The maximum Gasteiger partial charge on any atom is 0.416 e. The van der Waals surface area contributed by atoms with Crippen LogP contribution in [0.2, 0.25) is 0 Å². The first-order valence-corrected chi connectivity index (χ1v) is 4.84. The molecule has 88 valence electrons. The van der Waals surface area contributed by atoms with Crippen molar-refractivity contribution in [3.05, 3.63) is 29.6 Å². The van der Waals surface area contributed by atoms with Gasteiger partial charge in [-0.3, -0.25) is 9.78 Å². The molecule has 1 aromatic rings. The molecule has 3 nitrogen and oxygen atoms in total. The summed E-state index contributed by atoms with van der Waals surface area (Å²) in [7, 11) is 0. The number of aromatic nitrogens is 1. The zero-order valence-electron chi connectivity index (χ0n) is 8.58. The van der Waals surface area contributed by atoms with Crippen molar-refractivity contribution in [1.82, 2.24) is 4.98 Å². The Hall–Kier alpha value is -1.90. The Morgan fingerprint density at radius 3 is 2.53 bits per heavy atom. The number of alkyl halides is 3. The van der Waals surface area contributed by atoms with Crippen LogP contribution in [0.5, 0.6) is 0 Å². The van der Waals surface area contributed by atoms with Crippen molar-refractivity contribution in [1.29, 1.82) is 5.26 Å². The lowest BCUT2D eigenvalue weighted by Gasteiger charge is -2.35. The van der Waals surface area contributed by atoms with Gasteiger partial charge < -0.3 is 0 Å². The van der Waals surface area contributed by atoms with Crippen LogP contribution < -0.4 is 0 Å². The summed E-state index contributed by atoms with van der Waals surface area (Å²) in [6.45, 7) is 0. The number of halogens is 3. The summed E-state index contributed by atoms with van der Waals surface area (Å²) in [5.74, 6) is -0.205. The Morgan fingerprint density at radius 2 is 2.06 bits per heavy atom. The van der Waals surface area contributed by atoms with Crippen LogP contribution in [0, 0.1) is 11.3 Å². The minimum atomic E-state index is -4.54. The molecule has 1 aliphatic rings. The largest absolute Gasteiger partial charge is 0.416 e. The van der Waals surface area contributed by atoms with Gasteiger partial charge in [0.2, 0.25) is 0 Å². The first kappa shape index (κ1) is 11.6. The highest BCUT2D eigenvalue weighted by atomic mass is 19.4. The number of carbonyl (C=O) groups excluding carboxylic acids is 1. The molecule has 1 fully saturated rings. The average Bonchev–Trinajstić information content (AvgIpc) is 2.23. The second-order valence-electron chi connectivity index (χ2n) is 4.01. The summed E-state index contributed by atoms with van der Waals surface area (Å²) in [6, 6.07) is 2.64. The van der Waals surface area contributed by atoms with E-state index >= 15 is 0 Å². The first-order chi connectivity index (χ1) is 7.89. The molecule has 0 N–H and O–H groups in total. The molecule has 0 atom stereocenters. The molecule has 1 heterocycles. The van der Waals surface area contributed by atoms with Gasteiger partial charge in [0.05, 0.1) is 17.0 Å². The van der Waals surface area contributed by atoms with Gasteiger partial charge in [-0.15, -0.1) is 0 Å². The number of carbonyl (C=O) groups is 1. The number of rotatable bonds is 1. The van der Waals surface area contributed by atoms with E-state index in [-0.39, 0.29) is 24.2 Å². The van der Waals surface area contributed by atoms with Gasteiger partial charge in [0.15, 0.2) is 0 Å². The van der Waals surface area contributed by atoms with Gasteiger partial charge in [-0.1, -0.05) is 0 Å². The Morgan fingerprint density at radius 1 is 1.41 bits per heavy atom. The molecular formula is C11H7F3N2O. The SMILES string of the molecule is N#CC1(c2cnccc2C(F)(F)F)CC(=O)C1. The third kappa shape index (κ3) is 1.78. The Kier molecular flexibility index (Phi) is 2.42. The van der Waals surface area contributed by atoms with E-state index in [0.29, 0.717) is 0 Å². The van der Waals surface area contributed by atoms with E-state index in [4.69, 9.17) is 5.26 Å². The number of Topliss-reactive ketones (excluding diaryl/α,β-unsaturated/α-hetero) is 1. The van der Waals surface area contributed by atoms with E-state index in [2.05, 4.69) is 4.98 Å². The number of nitrogens with zero attached hydrogens (tertiary/aromatic N) is 2. The molecule has 0 aromatic carbocycles. The molecule has 0 radical (unpaired) electrons. The third-order valence-corrected chi connectivity index (χ3v) is 2.85. The fraction of sp³-hybridized carbons (Fsp3) is 0.364. The van der Waals surface area contributed by atoms with Gasteiger partial charge >= 0.3 is 6.18 Å². The van der Waals surface area contributed by atoms with Crippen molar-refractivity contribution in [2.24, 2.45) is 0 Å². The van der Waals surface area contributed by atoms with Gasteiger partial charge in [-0.05, 0) is 6.07 Å². The number of ketones is 1. The molecule has 0 bridgehead atoms.